The van der Waals surface area contributed by atoms with E-state index in [1.54, 1.807) is 0 Å². The molecule has 13 rings (SSSR count). The van der Waals surface area contributed by atoms with Gasteiger partial charge in [0.25, 0.3) is 0 Å². The van der Waals surface area contributed by atoms with Crippen molar-refractivity contribution in [2.75, 3.05) is 4.90 Å². The van der Waals surface area contributed by atoms with E-state index in [1.807, 2.05) is 0 Å². The average Bonchev–Trinajstić information content (AvgIpc) is 3.82. The van der Waals surface area contributed by atoms with Crippen molar-refractivity contribution >= 4 is 34.1 Å². The number of fused-ring (bicyclic) bond motifs is 3. The predicted molar refractivity (Wildman–Crippen MR) is 310 cm³/mol. The van der Waals surface area contributed by atoms with E-state index < -0.39 is 0 Å². The Hall–Kier alpha value is -8.86. The van der Waals surface area contributed by atoms with E-state index >= 15 is 0 Å². The van der Waals surface area contributed by atoms with Crippen LogP contribution in [0.15, 0.2) is 259 Å². The first-order valence-corrected chi connectivity index (χ1v) is 26.2. The van der Waals surface area contributed by atoms with Gasteiger partial charge in [-0.1, -0.05) is 170 Å². The summed E-state index contributed by atoms with van der Waals surface area (Å²) in [5.41, 5.74) is 24.2. The Morgan fingerprint density at radius 3 is 1.91 bits per heavy atom. The zero-order chi connectivity index (χ0) is 49.4. The van der Waals surface area contributed by atoms with Crippen molar-refractivity contribution in [3.8, 4) is 50.3 Å². The number of anilines is 1. The second-order valence-corrected chi connectivity index (χ2v) is 19.9. The van der Waals surface area contributed by atoms with Gasteiger partial charge in [0.05, 0.1) is 28.3 Å². The highest BCUT2D eigenvalue weighted by atomic mass is 15.1. The van der Waals surface area contributed by atoms with Crippen molar-refractivity contribution in [3.63, 3.8) is 0 Å². The Kier molecular flexibility index (Phi) is 11.9. The quantitative estimate of drug-likeness (QED) is 0.144. The molecular weight excluding hydrogens is 897 g/mol. The molecule has 2 aliphatic heterocycles. The predicted octanol–water partition coefficient (Wildman–Crippen LogP) is 17.9. The third-order valence-electron chi connectivity index (χ3n) is 15.3. The van der Waals surface area contributed by atoms with Crippen LogP contribution in [0.1, 0.15) is 72.5 Å². The summed E-state index contributed by atoms with van der Waals surface area (Å²) in [6, 6.07) is 70.5. The molecule has 0 fully saturated rings. The first-order chi connectivity index (χ1) is 36.6. The number of hydrogen-bond donors (Lipinski definition) is 0. The number of aromatic nitrogens is 2. The van der Waals surface area contributed by atoms with Gasteiger partial charge in [-0.25, -0.2) is 4.98 Å². The molecule has 356 valence electrons. The molecule has 1 atom stereocenters. The summed E-state index contributed by atoms with van der Waals surface area (Å²) in [5, 5.41) is 1.35. The van der Waals surface area contributed by atoms with Gasteiger partial charge in [-0.2, -0.15) is 0 Å². The molecule has 4 heterocycles. The maximum absolute atomic E-state index is 5.56. The Morgan fingerprint density at radius 2 is 1.11 bits per heavy atom. The number of aliphatic imine (C=N–C) groups is 1. The molecule has 4 nitrogen and oxygen atoms in total. The van der Waals surface area contributed by atoms with Gasteiger partial charge in [0.15, 0.2) is 0 Å². The highest BCUT2D eigenvalue weighted by molar-refractivity contribution is 6.05. The molecule has 0 radical (unpaired) electrons. The summed E-state index contributed by atoms with van der Waals surface area (Å²) in [6.45, 7) is 4.47. The van der Waals surface area contributed by atoms with Gasteiger partial charge >= 0.3 is 0 Å². The molecule has 0 saturated carbocycles. The van der Waals surface area contributed by atoms with Crippen LogP contribution in [0.2, 0.25) is 0 Å². The fourth-order valence-electron chi connectivity index (χ4n) is 11.5. The van der Waals surface area contributed by atoms with Crippen LogP contribution >= 0.6 is 0 Å². The van der Waals surface area contributed by atoms with Crippen molar-refractivity contribution < 1.29 is 0 Å². The molecule has 2 aromatic heterocycles. The number of aryl methyl sites for hydroxylation is 1. The summed E-state index contributed by atoms with van der Waals surface area (Å²) in [6.07, 6.45) is 23.0. The lowest BCUT2D eigenvalue weighted by molar-refractivity contribution is 0.871. The third-order valence-corrected chi connectivity index (χ3v) is 15.3. The Bertz CT molecular complexity index is 3800. The number of pyridine rings is 1. The van der Waals surface area contributed by atoms with Crippen LogP contribution in [0, 0.1) is 0 Å². The molecule has 9 aromatic rings. The zero-order valence-electron chi connectivity index (χ0n) is 41.5. The largest absolute Gasteiger partial charge is 0.317 e. The van der Waals surface area contributed by atoms with Crippen LogP contribution in [-0.4, -0.2) is 15.3 Å². The number of hydrogen-bond acceptors (Lipinski definition) is 3. The molecule has 0 spiro atoms. The van der Waals surface area contributed by atoms with E-state index in [4.69, 9.17) is 9.98 Å². The highest BCUT2D eigenvalue weighted by Crippen LogP contribution is 2.40. The lowest BCUT2D eigenvalue weighted by atomic mass is 9.87. The number of rotatable bonds is 9. The van der Waals surface area contributed by atoms with Gasteiger partial charge in [-0.3, -0.25) is 4.99 Å². The fraction of sp³-hybridized carbons (Fsp3) is 0.114. The minimum absolute atomic E-state index is 0.111. The molecule has 4 aliphatic rings. The molecule has 74 heavy (non-hydrogen) atoms. The monoisotopic (exact) mass is 952 g/mol. The first-order valence-electron chi connectivity index (χ1n) is 26.2. The van der Waals surface area contributed by atoms with E-state index in [0.29, 0.717) is 0 Å². The molecule has 0 amide bonds. The maximum Gasteiger partial charge on any atom is 0.0858 e. The van der Waals surface area contributed by atoms with Crippen LogP contribution in [0.4, 0.5) is 5.69 Å². The lowest BCUT2D eigenvalue weighted by Crippen LogP contribution is -2.19. The number of allylic oxidation sites excluding steroid dienone is 7. The molecular formula is C70H56N4. The minimum atomic E-state index is 0.111. The summed E-state index contributed by atoms with van der Waals surface area (Å²) >= 11 is 0. The SMILES string of the molecule is C=C1CC/C=C\N(c2ccc(-c3cccc(C4=CC(c5ccccc5)CC(c5cc(-c6ccccc6)cc(-c6cccc(-c7ccc(-n8c9c(c%10ccccc%108)CCC=C9)cc7)c6)n5)=N4)c3)cc2)C2=C1CCC=C2. The molecule has 0 saturated heterocycles. The summed E-state index contributed by atoms with van der Waals surface area (Å²) in [5.74, 6) is 0.111. The van der Waals surface area contributed by atoms with Gasteiger partial charge < -0.3 is 9.47 Å². The molecule has 0 bridgehead atoms. The maximum atomic E-state index is 5.56. The van der Waals surface area contributed by atoms with Gasteiger partial charge in [-0.05, 0) is 161 Å². The standard InChI is InChI=1S/C70H56N4/c1-48-18-14-15-41-73(68-30-11-8-27-61(48)68)59-37-33-51(34-38-59)53-23-16-25-55(42-53)64-44-57(49-19-4-2-5-20-49)46-66(71-64)67-47-58(50-21-6-3-7-22-50)45-65(72-67)56-26-17-24-54(43-56)52-35-39-60(40-36-52)74-69-31-12-9-28-62(69)63-29-10-13-32-70(63)74/h2-7,9,11-13,15-17,19-26,28,30-45,47,57H,1,8,10,14,18,27,29,46H2/b41-15-. The Labute approximate surface area is 434 Å². The second-order valence-electron chi connectivity index (χ2n) is 19.9. The Balaban J connectivity index is 0.851. The molecule has 2 aliphatic carbocycles. The fourth-order valence-corrected chi connectivity index (χ4v) is 11.5. The number of nitrogens with zero attached hydrogens (tertiary/aromatic N) is 4. The van der Waals surface area contributed by atoms with Gasteiger partial charge in [-0.15, -0.1) is 0 Å². The summed E-state index contributed by atoms with van der Waals surface area (Å²) in [4.78, 5) is 13.4. The van der Waals surface area contributed by atoms with Crippen LogP contribution in [0.3, 0.4) is 0 Å². The van der Waals surface area contributed by atoms with Gasteiger partial charge in [0, 0.05) is 57.8 Å². The first kappa shape index (κ1) is 45.0. The van der Waals surface area contributed by atoms with Crippen LogP contribution < -0.4 is 4.90 Å². The summed E-state index contributed by atoms with van der Waals surface area (Å²) < 4.78 is 2.42. The smallest absolute Gasteiger partial charge is 0.0858 e. The van der Waals surface area contributed by atoms with Crippen molar-refractivity contribution in [1.29, 1.82) is 0 Å². The third kappa shape index (κ3) is 8.73. The average molecular weight is 953 g/mol. The van der Waals surface area contributed by atoms with Crippen molar-refractivity contribution in [2.45, 2.75) is 50.9 Å². The molecule has 0 N–H and O–H groups in total. The van der Waals surface area contributed by atoms with E-state index in [9.17, 15) is 0 Å². The number of para-hydroxylation sites is 1. The second kappa shape index (κ2) is 19.6. The highest BCUT2D eigenvalue weighted by Gasteiger charge is 2.25. The van der Waals surface area contributed by atoms with E-state index in [2.05, 4.69) is 253 Å². The zero-order valence-corrected chi connectivity index (χ0v) is 41.5. The van der Waals surface area contributed by atoms with Gasteiger partial charge in [0.2, 0.25) is 0 Å². The normalized spacial score (nSPS) is 16.8. The van der Waals surface area contributed by atoms with Gasteiger partial charge in [0.1, 0.15) is 0 Å². The molecule has 1 unspecified atom stereocenters. The van der Waals surface area contributed by atoms with Crippen molar-refractivity contribution in [3.05, 3.63) is 282 Å². The topological polar surface area (TPSA) is 33.4 Å². The van der Waals surface area contributed by atoms with Crippen molar-refractivity contribution in [1.82, 2.24) is 9.55 Å². The van der Waals surface area contributed by atoms with E-state index in [0.717, 1.165) is 118 Å². The molecule has 4 heteroatoms. The van der Waals surface area contributed by atoms with Crippen molar-refractivity contribution in [2.24, 2.45) is 4.99 Å². The van der Waals surface area contributed by atoms with E-state index in [-0.39, 0.29) is 5.92 Å². The Morgan fingerprint density at radius 1 is 0.486 bits per heavy atom. The summed E-state index contributed by atoms with van der Waals surface area (Å²) in [7, 11) is 0. The minimum Gasteiger partial charge on any atom is -0.317 e. The van der Waals surface area contributed by atoms with E-state index in [1.165, 1.54) is 50.3 Å². The molecule has 7 aromatic carbocycles. The number of benzene rings is 7. The van der Waals surface area contributed by atoms with Crippen LogP contribution in [0.5, 0.6) is 0 Å². The lowest BCUT2D eigenvalue weighted by Gasteiger charge is -2.29. The van der Waals surface area contributed by atoms with Crippen LogP contribution in [0.25, 0.3) is 73.0 Å². The van der Waals surface area contributed by atoms with Crippen LogP contribution in [-0.2, 0) is 6.42 Å².